The molecule has 0 aromatic rings. The third-order valence-corrected chi connectivity index (χ3v) is 1.20. The lowest BCUT2D eigenvalue weighted by atomic mass is 10.2. The summed E-state index contributed by atoms with van der Waals surface area (Å²) < 4.78 is 5.03. The van der Waals surface area contributed by atoms with E-state index in [0.29, 0.717) is 0 Å². The summed E-state index contributed by atoms with van der Waals surface area (Å²) in [5, 5.41) is 11.0. The van der Waals surface area contributed by atoms with Gasteiger partial charge in [0.1, 0.15) is 6.10 Å². The first-order valence-corrected chi connectivity index (χ1v) is 2.91. The lowest BCUT2D eigenvalue weighted by molar-refractivity contribution is 0.180. The van der Waals surface area contributed by atoms with Crippen LogP contribution in [-0.2, 0) is 4.74 Å². The van der Waals surface area contributed by atoms with Gasteiger partial charge < -0.3 is 9.94 Å². The summed E-state index contributed by atoms with van der Waals surface area (Å²) in [7, 11) is 0. The van der Waals surface area contributed by atoms with Crippen molar-refractivity contribution in [1.82, 2.24) is 0 Å². The van der Waals surface area contributed by atoms with E-state index < -0.39 is 0 Å². The fourth-order valence-electron chi connectivity index (χ4n) is 0.737. The Kier molecular flexibility index (Phi) is 2.13. The molecular weight excluding hydrogens is 118 g/mol. The van der Waals surface area contributed by atoms with Gasteiger partial charge >= 0.3 is 0 Å². The molecule has 0 radical (unpaired) electrons. The molecule has 0 fully saturated rings. The van der Waals surface area contributed by atoms with Gasteiger partial charge in [0, 0.05) is 0 Å². The summed E-state index contributed by atoms with van der Waals surface area (Å²) in [5.74, 6) is 0. The van der Waals surface area contributed by atoms with Crippen molar-refractivity contribution in [3.63, 3.8) is 0 Å². The lowest BCUT2D eigenvalue weighted by Gasteiger charge is -2.13. The second-order valence-electron chi connectivity index (χ2n) is 1.89. The molecule has 1 atom stereocenters. The molecule has 50 valence electrons. The number of nitrogens with zero attached hydrogens (tertiary/aromatic N) is 1. The van der Waals surface area contributed by atoms with Gasteiger partial charge in [-0.2, -0.15) is 0 Å². The summed E-state index contributed by atoms with van der Waals surface area (Å²) in [5.41, 5.74) is 0. The monoisotopic (exact) mass is 127 g/mol. The molecule has 0 bridgehead atoms. The van der Waals surface area contributed by atoms with Crippen LogP contribution in [0.5, 0.6) is 0 Å². The normalized spacial score (nSPS) is 26.4. The maximum absolute atomic E-state index is 8.08. The number of allylic oxidation sites excluding steroid dienone is 1. The minimum Gasteiger partial charge on any atom is -0.493 e. The van der Waals surface area contributed by atoms with Crippen molar-refractivity contribution in [3.05, 3.63) is 12.3 Å². The second-order valence-corrected chi connectivity index (χ2v) is 1.89. The molecule has 0 saturated carbocycles. The summed E-state index contributed by atoms with van der Waals surface area (Å²) in [6, 6.07) is 0. The SMILES string of the molecule is ON=CC1CCC=CO1. The number of hydrogen-bond donors (Lipinski definition) is 1. The first kappa shape index (κ1) is 6.13. The van der Waals surface area contributed by atoms with E-state index in [9.17, 15) is 0 Å². The number of hydrogen-bond acceptors (Lipinski definition) is 3. The lowest BCUT2D eigenvalue weighted by Crippen LogP contribution is -2.13. The molecule has 0 aliphatic carbocycles. The van der Waals surface area contributed by atoms with Crippen molar-refractivity contribution in [2.75, 3.05) is 0 Å². The second kappa shape index (κ2) is 3.12. The van der Waals surface area contributed by atoms with Crippen LogP contribution in [-0.4, -0.2) is 17.5 Å². The van der Waals surface area contributed by atoms with E-state index in [0.717, 1.165) is 12.8 Å². The van der Waals surface area contributed by atoms with Crippen LogP contribution in [0.15, 0.2) is 17.5 Å². The van der Waals surface area contributed by atoms with Gasteiger partial charge in [-0.3, -0.25) is 0 Å². The van der Waals surface area contributed by atoms with E-state index in [1.807, 2.05) is 6.08 Å². The minimum absolute atomic E-state index is 0.0278. The van der Waals surface area contributed by atoms with Gasteiger partial charge in [-0.25, -0.2) is 0 Å². The molecule has 1 aliphatic heterocycles. The Morgan fingerprint density at radius 2 is 2.67 bits per heavy atom. The molecule has 1 aliphatic rings. The molecule has 0 spiro atoms. The van der Waals surface area contributed by atoms with E-state index in [-0.39, 0.29) is 6.10 Å². The quantitative estimate of drug-likeness (QED) is 0.326. The molecule has 0 aromatic carbocycles. The standard InChI is InChI=1S/C6H9NO2/c8-7-5-6-3-1-2-4-9-6/h2,4-6,8H,1,3H2. The molecular formula is C6H9NO2. The topological polar surface area (TPSA) is 41.8 Å². The maximum atomic E-state index is 8.08. The van der Waals surface area contributed by atoms with Gasteiger partial charge in [-0.1, -0.05) is 5.16 Å². The fraction of sp³-hybridized carbons (Fsp3) is 0.500. The molecule has 9 heavy (non-hydrogen) atoms. The van der Waals surface area contributed by atoms with Crippen LogP contribution in [0.25, 0.3) is 0 Å². The third-order valence-electron chi connectivity index (χ3n) is 1.20. The predicted molar refractivity (Wildman–Crippen MR) is 33.5 cm³/mol. The van der Waals surface area contributed by atoms with Crippen LogP contribution in [0.3, 0.4) is 0 Å². The molecule has 0 aromatic heterocycles. The van der Waals surface area contributed by atoms with Gasteiger partial charge in [0.25, 0.3) is 0 Å². The molecule has 3 heteroatoms. The predicted octanol–water partition coefficient (Wildman–Crippen LogP) is 1.14. The molecule has 0 amide bonds. The largest absolute Gasteiger partial charge is 0.493 e. The van der Waals surface area contributed by atoms with Crippen LogP contribution >= 0.6 is 0 Å². The fourth-order valence-corrected chi connectivity index (χ4v) is 0.737. The number of oxime groups is 1. The van der Waals surface area contributed by atoms with Crippen molar-refractivity contribution < 1.29 is 9.94 Å². The third kappa shape index (κ3) is 1.76. The van der Waals surface area contributed by atoms with E-state index in [2.05, 4.69) is 5.16 Å². The number of rotatable bonds is 1. The summed E-state index contributed by atoms with van der Waals surface area (Å²) in [6.07, 6.45) is 6.85. The Morgan fingerprint density at radius 1 is 1.78 bits per heavy atom. The van der Waals surface area contributed by atoms with Gasteiger partial charge in [0.15, 0.2) is 0 Å². The van der Waals surface area contributed by atoms with E-state index >= 15 is 0 Å². The van der Waals surface area contributed by atoms with Crippen molar-refractivity contribution in [2.24, 2.45) is 5.16 Å². The van der Waals surface area contributed by atoms with Crippen molar-refractivity contribution in [3.8, 4) is 0 Å². The first-order valence-electron chi connectivity index (χ1n) is 2.91. The Balaban J connectivity index is 2.35. The Morgan fingerprint density at radius 3 is 3.22 bits per heavy atom. The Bertz CT molecular complexity index is 131. The highest BCUT2D eigenvalue weighted by atomic mass is 16.5. The zero-order valence-corrected chi connectivity index (χ0v) is 5.03. The molecule has 1 N–H and O–H groups in total. The molecule has 1 heterocycles. The zero-order chi connectivity index (χ0) is 6.53. The van der Waals surface area contributed by atoms with Crippen LogP contribution in [0, 0.1) is 0 Å². The van der Waals surface area contributed by atoms with Gasteiger partial charge in [0.2, 0.25) is 0 Å². The van der Waals surface area contributed by atoms with Gasteiger partial charge in [0.05, 0.1) is 12.5 Å². The highest BCUT2D eigenvalue weighted by Gasteiger charge is 2.06. The highest BCUT2D eigenvalue weighted by Crippen LogP contribution is 2.07. The highest BCUT2D eigenvalue weighted by molar-refractivity contribution is 5.62. The van der Waals surface area contributed by atoms with Gasteiger partial charge in [-0.05, 0) is 18.9 Å². The van der Waals surface area contributed by atoms with Crippen molar-refractivity contribution in [2.45, 2.75) is 18.9 Å². The Labute approximate surface area is 53.6 Å². The average molecular weight is 127 g/mol. The van der Waals surface area contributed by atoms with Crippen LogP contribution in [0.4, 0.5) is 0 Å². The van der Waals surface area contributed by atoms with E-state index in [1.54, 1.807) is 6.26 Å². The summed E-state index contributed by atoms with van der Waals surface area (Å²) >= 11 is 0. The van der Waals surface area contributed by atoms with E-state index in [1.165, 1.54) is 6.21 Å². The zero-order valence-electron chi connectivity index (χ0n) is 5.03. The van der Waals surface area contributed by atoms with Crippen molar-refractivity contribution in [1.29, 1.82) is 0 Å². The maximum Gasteiger partial charge on any atom is 0.136 e. The molecule has 1 rings (SSSR count). The molecule has 3 nitrogen and oxygen atoms in total. The van der Waals surface area contributed by atoms with Gasteiger partial charge in [-0.15, -0.1) is 0 Å². The van der Waals surface area contributed by atoms with E-state index in [4.69, 9.17) is 9.94 Å². The first-order chi connectivity index (χ1) is 4.43. The molecule has 1 unspecified atom stereocenters. The summed E-state index contributed by atoms with van der Waals surface area (Å²) in [6.45, 7) is 0. The summed E-state index contributed by atoms with van der Waals surface area (Å²) in [4.78, 5) is 0. The average Bonchev–Trinajstić information content (AvgIpc) is 1.91. The Hall–Kier alpha value is -0.990. The minimum atomic E-state index is -0.0278. The smallest absolute Gasteiger partial charge is 0.136 e. The molecule has 0 saturated heterocycles. The van der Waals surface area contributed by atoms with Crippen LogP contribution in [0.2, 0.25) is 0 Å². The van der Waals surface area contributed by atoms with Crippen LogP contribution < -0.4 is 0 Å². The van der Waals surface area contributed by atoms with Crippen molar-refractivity contribution >= 4 is 6.21 Å². The van der Waals surface area contributed by atoms with Crippen LogP contribution in [0.1, 0.15) is 12.8 Å². The number of ether oxygens (including phenoxy) is 1.